The van der Waals surface area contributed by atoms with Crippen molar-refractivity contribution in [3.63, 3.8) is 0 Å². The summed E-state index contributed by atoms with van der Waals surface area (Å²) < 4.78 is 14.0. The zero-order valence-electron chi connectivity index (χ0n) is 19.9. The number of nitrogens with one attached hydrogen (secondary N) is 1. The number of benzene rings is 2. The molecule has 1 aliphatic rings. The first-order valence-electron chi connectivity index (χ1n) is 11.5. The number of hydrogen-bond donors (Lipinski definition) is 4. The van der Waals surface area contributed by atoms with Crippen LogP contribution in [-0.2, 0) is 9.59 Å². The second kappa shape index (κ2) is 10.6. The molecule has 0 unspecified atom stereocenters. The standard InChI is InChI=1S/C26H34FN3O4/c1-26(2,3)23(28)25(34)30-14-19(32)12-22(30)24(33)29-13-18(15-31)16-8-10-17(11-9-16)20-6-4-5-7-21(20)27/h4-11,18-19,22-23,31-32H,12-15,28H2,1-3H3,(H,29,33)/t18-,19-,22+,23-/m1/s1. The molecule has 0 radical (unpaired) electrons. The molecular weight excluding hydrogens is 437 g/mol. The molecule has 0 aliphatic carbocycles. The average molecular weight is 472 g/mol. The number of β-amino-alcohol motifs (C(OH)–C–C–N with tert-alkyl or cyclic N) is 1. The Hall–Kier alpha value is -2.81. The zero-order chi connectivity index (χ0) is 25.0. The molecule has 1 fully saturated rings. The number of carbonyl (C=O) groups is 2. The summed E-state index contributed by atoms with van der Waals surface area (Å²) in [5, 5.41) is 22.8. The topological polar surface area (TPSA) is 116 Å². The summed E-state index contributed by atoms with van der Waals surface area (Å²) in [6.07, 6.45) is -0.665. The molecule has 34 heavy (non-hydrogen) atoms. The number of carbonyl (C=O) groups excluding carboxylic acids is 2. The zero-order valence-corrected chi connectivity index (χ0v) is 19.9. The van der Waals surface area contributed by atoms with Crippen LogP contribution in [0.1, 0.15) is 38.7 Å². The third-order valence-electron chi connectivity index (χ3n) is 6.37. The fourth-order valence-corrected chi connectivity index (χ4v) is 4.11. The fourth-order valence-electron chi connectivity index (χ4n) is 4.11. The second-order valence-electron chi connectivity index (χ2n) is 9.97. The monoisotopic (exact) mass is 471 g/mol. The molecule has 2 amide bonds. The van der Waals surface area contributed by atoms with Crippen molar-refractivity contribution in [3.05, 3.63) is 59.9 Å². The lowest BCUT2D eigenvalue weighted by atomic mass is 9.86. The highest BCUT2D eigenvalue weighted by molar-refractivity contribution is 5.90. The van der Waals surface area contributed by atoms with Gasteiger partial charge in [-0.2, -0.15) is 0 Å². The van der Waals surface area contributed by atoms with E-state index in [1.807, 2.05) is 20.8 Å². The number of halogens is 1. The van der Waals surface area contributed by atoms with Crippen LogP contribution in [-0.4, -0.2) is 64.8 Å². The van der Waals surface area contributed by atoms with Gasteiger partial charge in [0.15, 0.2) is 0 Å². The van der Waals surface area contributed by atoms with E-state index in [1.54, 1.807) is 42.5 Å². The number of aliphatic hydroxyl groups is 2. The summed E-state index contributed by atoms with van der Waals surface area (Å²) in [5.41, 5.74) is 7.61. The van der Waals surface area contributed by atoms with E-state index in [-0.39, 0.29) is 43.8 Å². The van der Waals surface area contributed by atoms with Crippen LogP contribution in [0.2, 0.25) is 0 Å². The molecule has 1 heterocycles. The maximum Gasteiger partial charge on any atom is 0.242 e. The molecule has 3 rings (SSSR count). The van der Waals surface area contributed by atoms with Crippen LogP contribution in [0.3, 0.4) is 0 Å². The Bertz CT molecular complexity index is 1010. The number of nitrogens with two attached hydrogens (primary N) is 1. The van der Waals surface area contributed by atoms with E-state index in [0.29, 0.717) is 11.1 Å². The summed E-state index contributed by atoms with van der Waals surface area (Å²) in [6, 6.07) is 12.0. The van der Waals surface area contributed by atoms with Gasteiger partial charge in [0.1, 0.15) is 11.9 Å². The summed E-state index contributed by atoms with van der Waals surface area (Å²) in [7, 11) is 0. The van der Waals surface area contributed by atoms with Crippen molar-refractivity contribution in [2.75, 3.05) is 19.7 Å². The number of rotatable bonds is 7. The Morgan fingerprint density at radius 3 is 2.41 bits per heavy atom. The Morgan fingerprint density at radius 2 is 1.82 bits per heavy atom. The normalized spacial score (nSPS) is 20.1. The SMILES string of the molecule is CC(C)(C)[C@H](N)C(=O)N1C[C@H](O)C[C@H]1C(=O)NC[C@H](CO)c1ccc(-c2ccccc2F)cc1. The number of aliphatic hydroxyl groups excluding tert-OH is 2. The smallest absolute Gasteiger partial charge is 0.242 e. The lowest BCUT2D eigenvalue weighted by Crippen LogP contribution is -2.55. The molecule has 1 saturated heterocycles. The van der Waals surface area contributed by atoms with Gasteiger partial charge < -0.3 is 26.2 Å². The van der Waals surface area contributed by atoms with Gasteiger partial charge in [0.25, 0.3) is 0 Å². The predicted molar refractivity (Wildman–Crippen MR) is 128 cm³/mol. The number of nitrogens with zero attached hydrogens (tertiary/aromatic N) is 1. The van der Waals surface area contributed by atoms with Crippen molar-refractivity contribution < 1.29 is 24.2 Å². The van der Waals surface area contributed by atoms with Crippen LogP contribution < -0.4 is 11.1 Å². The van der Waals surface area contributed by atoms with Crippen LogP contribution in [0.4, 0.5) is 4.39 Å². The molecule has 0 aromatic heterocycles. The first-order valence-corrected chi connectivity index (χ1v) is 11.5. The van der Waals surface area contributed by atoms with Crippen molar-refractivity contribution in [1.29, 1.82) is 0 Å². The Morgan fingerprint density at radius 1 is 1.18 bits per heavy atom. The molecule has 7 nitrogen and oxygen atoms in total. The molecular formula is C26H34FN3O4. The van der Waals surface area contributed by atoms with Crippen molar-refractivity contribution in [2.24, 2.45) is 11.1 Å². The summed E-state index contributed by atoms with van der Waals surface area (Å²) >= 11 is 0. The predicted octanol–water partition coefficient (Wildman–Crippen LogP) is 2.02. The summed E-state index contributed by atoms with van der Waals surface area (Å²) in [4.78, 5) is 27.2. The molecule has 184 valence electrons. The minimum atomic E-state index is -0.821. The van der Waals surface area contributed by atoms with Gasteiger partial charge in [-0.3, -0.25) is 9.59 Å². The Labute approximate surface area is 199 Å². The van der Waals surface area contributed by atoms with Crippen LogP contribution in [0.25, 0.3) is 11.1 Å². The van der Waals surface area contributed by atoms with Crippen molar-refractivity contribution in [3.8, 4) is 11.1 Å². The first kappa shape index (κ1) is 25.8. The molecule has 5 N–H and O–H groups in total. The van der Waals surface area contributed by atoms with E-state index >= 15 is 0 Å². The van der Waals surface area contributed by atoms with Crippen molar-refractivity contribution in [2.45, 2.75) is 51.3 Å². The van der Waals surface area contributed by atoms with Crippen LogP contribution in [0, 0.1) is 11.2 Å². The maximum absolute atomic E-state index is 14.0. The Balaban J connectivity index is 1.66. The number of likely N-dealkylation sites (tertiary alicyclic amines) is 1. The van der Waals surface area contributed by atoms with E-state index in [2.05, 4.69) is 5.32 Å². The lowest BCUT2D eigenvalue weighted by molar-refractivity contribution is -0.141. The summed E-state index contributed by atoms with van der Waals surface area (Å²) in [5.74, 6) is -1.46. The van der Waals surface area contributed by atoms with Gasteiger partial charge in [-0.1, -0.05) is 63.2 Å². The fraction of sp³-hybridized carbons (Fsp3) is 0.462. The number of hydrogen-bond acceptors (Lipinski definition) is 5. The molecule has 0 saturated carbocycles. The van der Waals surface area contributed by atoms with Crippen LogP contribution in [0.15, 0.2) is 48.5 Å². The van der Waals surface area contributed by atoms with Gasteiger partial charge in [-0.15, -0.1) is 0 Å². The highest BCUT2D eigenvalue weighted by atomic mass is 19.1. The minimum absolute atomic E-state index is 0.0572. The van der Waals surface area contributed by atoms with Gasteiger partial charge >= 0.3 is 0 Å². The second-order valence-corrected chi connectivity index (χ2v) is 9.97. The number of amides is 2. The van der Waals surface area contributed by atoms with Crippen molar-refractivity contribution >= 4 is 11.8 Å². The van der Waals surface area contributed by atoms with E-state index in [0.717, 1.165) is 5.56 Å². The third-order valence-corrected chi connectivity index (χ3v) is 6.37. The van der Waals surface area contributed by atoms with E-state index in [4.69, 9.17) is 5.73 Å². The minimum Gasteiger partial charge on any atom is -0.396 e. The van der Waals surface area contributed by atoms with Gasteiger partial charge in [-0.05, 0) is 22.6 Å². The molecule has 0 bridgehead atoms. The average Bonchev–Trinajstić information content (AvgIpc) is 3.20. The lowest BCUT2D eigenvalue weighted by Gasteiger charge is -2.32. The maximum atomic E-state index is 14.0. The van der Waals surface area contributed by atoms with E-state index in [1.165, 1.54) is 11.0 Å². The van der Waals surface area contributed by atoms with Gasteiger partial charge in [-0.25, -0.2) is 4.39 Å². The summed E-state index contributed by atoms with van der Waals surface area (Å²) in [6.45, 7) is 5.54. The quantitative estimate of drug-likeness (QED) is 0.493. The molecule has 1 aliphatic heterocycles. The largest absolute Gasteiger partial charge is 0.396 e. The van der Waals surface area contributed by atoms with Crippen LogP contribution >= 0.6 is 0 Å². The van der Waals surface area contributed by atoms with Gasteiger partial charge in [0.05, 0.1) is 18.8 Å². The van der Waals surface area contributed by atoms with Gasteiger partial charge in [0.2, 0.25) is 11.8 Å². The first-order chi connectivity index (χ1) is 16.0. The van der Waals surface area contributed by atoms with Crippen LogP contribution in [0.5, 0.6) is 0 Å². The van der Waals surface area contributed by atoms with Crippen molar-refractivity contribution in [1.82, 2.24) is 10.2 Å². The molecule has 4 atom stereocenters. The van der Waals surface area contributed by atoms with E-state index in [9.17, 15) is 24.2 Å². The molecule has 2 aromatic rings. The highest BCUT2D eigenvalue weighted by Gasteiger charge is 2.42. The molecule has 2 aromatic carbocycles. The van der Waals surface area contributed by atoms with Gasteiger partial charge in [0, 0.05) is 31.0 Å². The molecule has 0 spiro atoms. The third kappa shape index (κ3) is 5.81. The van der Waals surface area contributed by atoms with E-state index < -0.39 is 29.5 Å². The highest BCUT2D eigenvalue weighted by Crippen LogP contribution is 2.26. The molecule has 8 heteroatoms. The Kier molecular flexibility index (Phi) is 8.07.